The van der Waals surface area contributed by atoms with Crippen molar-refractivity contribution in [3.63, 3.8) is 0 Å². The Morgan fingerprint density at radius 1 is 1.23 bits per heavy atom. The first kappa shape index (κ1) is 14.0. The summed E-state index contributed by atoms with van der Waals surface area (Å²) in [6.07, 6.45) is 0.629. The van der Waals surface area contributed by atoms with E-state index >= 15 is 0 Å². The highest BCUT2D eigenvalue weighted by Gasteiger charge is 2.24. The number of benzene rings is 2. The van der Waals surface area contributed by atoms with Gasteiger partial charge in [-0.05, 0) is 41.8 Å². The molecule has 1 aliphatic rings. The number of rotatable bonds is 2. The van der Waals surface area contributed by atoms with E-state index in [0.717, 1.165) is 11.1 Å². The molecule has 0 N–H and O–H groups in total. The van der Waals surface area contributed by atoms with Crippen molar-refractivity contribution in [1.29, 1.82) is 5.26 Å². The molecule has 0 aliphatic carbocycles. The predicted molar refractivity (Wildman–Crippen MR) is 79.0 cm³/mol. The zero-order valence-electron chi connectivity index (χ0n) is 11.6. The molecule has 6 heteroatoms. The van der Waals surface area contributed by atoms with Gasteiger partial charge in [0.25, 0.3) is 5.69 Å². The summed E-state index contributed by atoms with van der Waals surface area (Å²) in [5, 5.41) is 20.1. The third-order valence-electron chi connectivity index (χ3n) is 3.82. The average Bonchev–Trinajstić information content (AvgIpc) is 2.53. The highest BCUT2D eigenvalue weighted by Crippen LogP contribution is 2.33. The Bertz CT molecular complexity index is 798. The second-order valence-electron chi connectivity index (χ2n) is 5.16. The number of fused-ring (bicyclic) bond motifs is 1. The van der Waals surface area contributed by atoms with Crippen molar-refractivity contribution in [1.82, 2.24) is 0 Å². The summed E-state index contributed by atoms with van der Waals surface area (Å²) in [5.41, 5.74) is 2.57. The standard InChI is InChI=1S/C16H12FN3O2/c17-14-3-2-13-10-19(6-5-12(13)8-14)15-4-1-11(9-18)7-16(15)20(21)22/h1-4,7-8H,5-6,10H2. The fraction of sp³-hybridized carbons (Fsp3) is 0.188. The second kappa shape index (κ2) is 5.45. The van der Waals surface area contributed by atoms with Gasteiger partial charge in [0.15, 0.2) is 0 Å². The second-order valence-corrected chi connectivity index (χ2v) is 5.16. The van der Waals surface area contributed by atoms with Gasteiger partial charge in [-0.15, -0.1) is 0 Å². The van der Waals surface area contributed by atoms with Crippen LogP contribution in [-0.2, 0) is 13.0 Å². The molecule has 1 aliphatic heterocycles. The van der Waals surface area contributed by atoms with E-state index < -0.39 is 4.92 Å². The summed E-state index contributed by atoms with van der Waals surface area (Å²) in [4.78, 5) is 12.7. The topological polar surface area (TPSA) is 70.2 Å². The molecule has 0 atom stereocenters. The lowest BCUT2D eigenvalue weighted by Gasteiger charge is -2.30. The molecule has 0 radical (unpaired) electrons. The van der Waals surface area contributed by atoms with Gasteiger partial charge >= 0.3 is 0 Å². The van der Waals surface area contributed by atoms with Crippen LogP contribution in [0.4, 0.5) is 15.8 Å². The van der Waals surface area contributed by atoms with E-state index in [1.165, 1.54) is 18.2 Å². The molecule has 0 saturated heterocycles. The lowest BCUT2D eigenvalue weighted by molar-refractivity contribution is -0.384. The maximum Gasteiger partial charge on any atom is 0.293 e. The molecule has 1 heterocycles. The monoisotopic (exact) mass is 297 g/mol. The first-order valence-corrected chi connectivity index (χ1v) is 6.79. The SMILES string of the molecule is N#Cc1ccc(N2CCc3cc(F)ccc3C2)c([N+](=O)[O-])c1. The number of nitro benzene ring substituents is 1. The molecule has 0 saturated carbocycles. The molecule has 0 bridgehead atoms. The van der Waals surface area contributed by atoms with E-state index in [4.69, 9.17) is 5.26 Å². The largest absolute Gasteiger partial charge is 0.361 e. The number of halogens is 1. The van der Waals surface area contributed by atoms with Gasteiger partial charge in [-0.3, -0.25) is 10.1 Å². The number of nitrogens with zero attached hydrogens (tertiary/aromatic N) is 3. The van der Waals surface area contributed by atoms with Gasteiger partial charge in [-0.25, -0.2) is 4.39 Å². The molecular formula is C16H12FN3O2. The molecule has 22 heavy (non-hydrogen) atoms. The van der Waals surface area contributed by atoms with Crippen LogP contribution in [-0.4, -0.2) is 11.5 Å². The van der Waals surface area contributed by atoms with Crippen LogP contribution in [0.5, 0.6) is 0 Å². The molecule has 0 unspecified atom stereocenters. The molecule has 110 valence electrons. The van der Waals surface area contributed by atoms with Crippen molar-refractivity contribution in [3.8, 4) is 6.07 Å². The summed E-state index contributed by atoms with van der Waals surface area (Å²) >= 11 is 0. The Morgan fingerprint density at radius 3 is 2.77 bits per heavy atom. The predicted octanol–water partition coefficient (Wildman–Crippen LogP) is 3.17. The van der Waals surface area contributed by atoms with Crippen molar-refractivity contribution >= 4 is 11.4 Å². The number of nitro groups is 1. The van der Waals surface area contributed by atoms with Crippen molar-refractivity contribution in [2.24, 2.45) is 0 Å². The van der Waals surface area contributed by atoms with Gasteiger partial charge in [-0.1, -0.05) is 6.07 Å². The Balaban J connectivity index is 1.98. The minimum atomic E-state index is -0.476. The fourth-order valence-corrected chi connectivity index (χ4v) is 2.73. The van der Waals surface area contributed by atoms with E-state index in [9.17, 15) is 14.5 Å². The fourth-order valence-electron chi connectivity index (χ4n) is 2.73. The normalized spacial score (nSPS) is 13.4. The molecule has 2 aromatic carbocycles. The first-order chi connectivity index (χ1) is 10.6. The first-order valence-electron chi connectivity index (χ1n) is 6.79. The molecule has 0 spiro atoms. The van der Waals surface area contributed by atoms with Crippen molar-refractivity contribution in [3.05, 3.63) is 69.0 Å². The molecule has 3 rings (SSSR count). The number of hydrogen-bond acceptors (Lipinski definition) is 4. The van der Waals surface area contributed by atoms with Crippen molar-refractivity contribution < 1.29 is 9.31 Å². The van der Waals surface area contributed by atoms with E-state index in [1.54, 1.807) is 18.2 Å². The maximum atomic E-state index is 13.2. The Morgan fingerprint density at radius 2 is 2.05 bits per heavy atom. The Labute approximate surface area is 126 Å². The molecule has 2 aromatic rings. The lowest BCUT2D eigenvalue weighted by atomic mass is 9.99. The van der Waals surface area contributed by atoms with Gasteiger partial charge in [-0.2, -0.15) is 5.26 Å². The van der Waals surface area contributed by atoms with E-state index in [2.05, 4.69) is 0 Å². The van der Waals surface area contributed by atoms with Gasteiger partial charge in [0.05, 0.1) is 16.6 Å². The third kappa shape index (κ3) is 2.49. The minimum Gasteiger partial charge on any atom is -0.361 e. The van der Waals surface area contributed by atoms with E-state index in [-0.39, 0.29) is 17.1 Å². The molecular weight excluding hydrogens is 285 g/mol. The number of anilines is 1. The van der Waals surface area contributed by atoms with Gasteiger partial charge < -0.3 is 4.90 Å². The Hall–Kier alpha value is -2.94. The smallest absolute Gasteiger partial charge is 0.293 e. The van der Waals surface area contributed by atoms with Crippen LogP contribution in [0.1, 0.15) is 16.7 Å². The number of hydrogen-bond donors (Lipinski definition) is 0. The van der Waals surface area contributed by atoms with E-state index in [1.807, 2.05) is 11.0 Å². The molecule has 5 nitrogen and oxygen atoms in total. The molecule has 0 fully saturated rings. The summed E-state index contributed by atoms with van der Waals surface area (Å²) in [6, 6.07) is 11.0. The number of nitriles is 1. The summed E-state index contributed by atoms with van der Waals surface area (Å²) in [5.74, 6) is -0.267. The zero-order valence-corrected chi connectivity index (χ0v) is 11.6. The Kier molecular flexibility index (Phi) is 3.47. The average molecular weight is 297 g/mol. The van der Waals surface area contributed by atoms with Crippen LogP contribution < -0.4 is 4.90 Å². The minimum absolute atomic E-state index is 0.0791. The quantitative estimate of drug-likeness (QED) is 0.630. The van der Waals surface area contributed by atoms with Crippen molar-refractivity contribution in [2.45, 2.75) is 13.0 Å². The van der Waals surface area contributed by atoms with Crippen LogP contribution >= 0.6 is 0 Å². The maximum absolute atomic E-state index is 13.2. The summed E-state index contributed by atoms with van der Waals surface area (Å²) in [6.45, 7) is 1.06. The van der Waals surface area contributed by atoms with Crippen LogP contribution in [0.3, 0.4) is 0 Å². The third-order valence-corrected chi connectivity index (χ3v) is 3.82. The van der Waals surface area contributed by atoms with Crippen LogP contribution in [0, 0.1) is 27.3 Å². The summed E-state index contributed by atoms with van der Waals surface area (Å²) in [7, 11) is 0. The highest BCUT2D eigenvalue weighted by atomic mass is 19.1. The zero-order chi connectivity index (χ0) is 15.7. The summed E-state index contributed by atoms with van der Waals surface area (Å²) < 4.78 is 13.2. The lowest BCUT2D eigenvalue weighted by Crippen LogP contribution is -2.30. The molecule has 0 amide bonds. The van der Waals surface area contributed by atoms with Crippen LogP contribution in [0.15, 0.2) is 36.4 Å². The highest BCUT2D eigenvalue weighted by molar-refractivity contribution is 5.66. The van der Waals surface area contributed by atoms with Crippen LogP contribution in [0.25, 0.3) is 0 Å². The van der Waals surface area contributed by atoms with Crippen LogP contribution in [0.2, 0.25) is 0 Å². The van der Waals surface area contributed by atoms with Crippen molar-refractivity contribution in [2.75, 3.05) is 11.4 Å². The van der Waals surface area contributed by atoms with Gasteiger partial charge in [0.1, 0.15) is 11.5 Å². The van der Waals surface area contributed by atoms with Gasteiger partial charge in [0.2, 0.25) is 0 Å². The van der Waals surface area contributed by atoms with Gasteiger partial charge in [0, 0.05) is 19.2 Å². The van der Waals surface area contributed by atoms with E-state index in [0.29, 0.717) is 25.2 Å². The molecule has 0 aromatic heterocycles.